The summed E-state index contributed by atoms with van der Waals surface area (Å²) in [5.74, 6) is 0. The molecule has 0 spiro atoms. The van der Waals surface area contributed by atoms with Gasteiger partial charge in [0.1, 0.15) is 0 Å². The van der Waals surface area contributed by atoms with E-state index in [2.05, 4.69) is 73.0 Å². The summed E-state index contributed by atoms with van der Waals surface area (Å²) in [7, 11) is 2.05. The number of rotatable bonds is 7. The van der Waals surface area contributed by atoms with E-state index >= 15 is 0 Å². The molecule has 0 aliphatic heterocycles. The molecule has 0 amide bonds. The molecule has 1 unspecified atom stereocenters. The quantitative estimate of drug-likeness (QED) is 0.723. The maximum absolute atomic E-state index is 3.42. The molecule has 2 aromatic carbocycles. The summed E-state index contributed by atoms with van der Waals surface area (Å²) in [4.78, 5) is 0. The lowest BCUT2D eigenvalue weighted by Gasteiger charge is -2.16. The monoisotopic (exact) mass is 253 g/mol. The van der Waals surface area contributed by atoms with Crippen molar-refractivity contribution in [1.82, 2.24) is 5.32 Å². The van der Waals surface area contributed by atoms with Crippen molar-refractivity contribution in [1.29, 1.82) is 0 Å². The lowest BCUT2D eigenvalue weighted by atomic mass is 9.99. The topological polar surface area (TPSA) is 12.0 Å². The van der Waals surface area contributed by atoms with Crippen LogP contribution in [0.3, 0.4) is 0 Å². The summed E-state index contributed by atoms with van der Waals surface area (Å²) < 4.78 is 0. The lowest BCUT2D eigenvalue weighted by Crippen LogP contribution is -2.16. The molecule has 0 fully saturated rings. The van der Waals surface area contributed by atoms with Crippen molar-refractivity contribution in [3.05, 3.63) is 71.8 Å². The zero-order chi connectivity index (χ0) is 13.3. The summed E-state index contributed by atoms with van der Waals surface area (Å²) >= 11 is 0. The van der Waals surface area contributed by atoms with E-state index in [1.54, 1.807) is 0 Å². The Labute approximate surface area is 116 Å². The number of aryl methyl sites for hydroxylation is 1. The highest BCUT2D eigenvalue weighted by atomic mass is 14.9. The Balaban J connectivity index is 1.75. The summed E-state index contributed by atoms with van der Waals surface area (Å²) in [6.45, 7) is 0. The molecule has 0 aromatic heterocycles. The third-order valence-corrected chi connectivity index (χ3v) is 3.60. The molecular formula is C18H23N. The van der Waals surface area contributed by atoms with Crippen LogP contribution in [-0.4, -0.2) is 7.05 Å². The predicted molar refractivity (Wildman–Crippen MR) is 82.2 cm³/mol. The van der Waals surface area contributed by atoms with Crippen LogP contribution >= 0.6 is 0 Å². The van der Waals surface area contributed by atoms with Crippen LogP contribution in [0.5, 0.6) is 0 Å². The first-order chi connectivity index (χ1) is 9.40. The molecule has 0 saturated heterocycles. The minimum absolute atomic E-state index is 0.483. The van der Waals surface area contributed by atoms with Gasteiger partial charge in [0, 0.05) is 6.04 Å². The fourth-order valence-electron chi connectivity index (χ4n) is 2.49. The van der Waals surface area contributed by atoms with Gasteiger partial charge in [-0.2, -0.15) is 0 Å². The van der Waals surface area contributed by atoms with Crippen molar-refractivity contribution >= 4 is 0 Å². The largest absolute Gasteiger partial charge is 0.313 e. The third-order valence-electron chi connectivity index (χ3n) is 3.60. The van der Waals surface area contributed by atoms with Crippen LogP contribution in [0.1, 0.15) is 36.4 Å². The molecule has 0 heterocycles. The fourth-order valence-corrected chi connectivity index (χ4v) is 2.49. The zero-order valence-electron chi connectivity index (χ0n) is 11.7. The first-order valence-corrected chi connectivity index (χ1v) is 7.16. The van der Waals surface area contributed by atoms with Gasteiger partial charge in [0.15, 0.2) is 0 Å². The summed E-state index contributed by atoms with van der Waals surface area (Å²) in [5, 5.41) is 3.42. The molecule has 100 valence electrons. The molecule has 0 aliphatic rings. The molecule has 1 nitrogen and oxygen atoms in total. The summed E-state index contributed by atoms with van der Waals surface area (Å²) in [6, 6.07) is 22.0. The van der Waals surface area contributed by atoms with E-state index in [1.807, 2.05) is 0 Å². The van der Waals surface area contributed by atoms with Crippen molar-refractivity contribution < 1.29 is 0 Å². The van der Waals surface area contributed by atoms with E-state index < -0.39 is 0 Å². The molecule has 1 N–H and O–H groups in total. The second-order valence-electron chi connectivity index (χ2n) is 4.98. The first kappa shape index (κ1) is 13.8. The molecule has 1 atom stereocenters. The Morgan fingerprint density at radius 3 is 2.11 bits per heavy atom. The van der Waals surface area contributed by atoms with Crippen LogP contribution in [-0.2, 0) is 6.42 Å². The van der Waals surface area contributed by atoms with Gasteiger partial charge >= 0.3 is 0 Å². The van der Waals surface area contributed by atoms with E-state index in [0.29, 0.717) is 6.04 Å². The van der Waals surface area contributed by atoms with Gasteiger partial charge < -0.3 is 5.32 Å². The number of nitrogens with one attached hydrogen (secondary N) is 1. The molecule has 0 radical (unpaired) electrons. The molecular weight excluding hydrogens is 230 g/mol. The Kier molecular flexibility index (Phi) is 5.64. The van der Waals surface area contributed by atoms with Crippen LogP contribution in [0, 0.1) is 0 Å². The molecule has 1 heteroatoms. The van der Waals surface area contributed by atoms with Gasteiger partial charge in [-0.25, -0.2) is 0 Å². The van der Waals surface area contributed by atoms with Crippen molar-refractivity contribution in [2.24, 2.45) is 0 Å². The van der Waals surface area contributed by atoms with Crippen LogP contribution in [0.2, 0.25) is 0 Å². The van der Waals surface area contributed by atoms with Gasteiger partial charge in [-0.05, 0) is 37.4 Å². The average molecular weight is 253 g/mol. The smallest absolute Gasteiger partial charge is 0.0317 e. The fraction of sp³-hybridized carbons (Fsp3) is 0.333. The van der Waals surface area contributed by atoms with E-state index in [9.17, 15) is 0 Å². The van der Waals surface area contributed by atoms with Crippen molar-refractivity contribution in [3.63, 3.8) is 0 Å². The van der Waals surface area contributed by atoms with E-state index in [1.165, 1.54) is 36.8 Å². The number of benzene rings is 2. The Hall–Kier alpha value is -1.60. The number of hydrogen-bond acceptors (Lipinski definition) is 1. The molecule has 2 aromatic rings. The maximum Gasteiger partial charge on any atom is 0.0317 e. The maximum atomic E-state index is 3.42. The SMILES string of the molecule is CNC(CCCCc1ccccc1)c1ccccc1. The molecule has 2 rings (SSSR count). The highest BCUT2D eigenvalue weighted by molar-refractivity contribution is 5.18. The van der Waals surface area contributed by atoms with Crippen LogP contribution in [0.25, 0.3) is 0 Å². The van der Waals surface area contributed by atoms with Gasteiger partial charge in [-0.1, -0.05) is 67.1 Å². The summed E-state index contributed by atoms with van der Waals surface area (Å²) in [6.07, 6.45) is 4.91. The highest BCUT2D eigenvalue weighted by Gasteiger charge is 2.07. The normalized spacial score (nSPS) is 12.3. The molecule has 0 aliphatic carbocycles. The van der Waals surface area contributed by atoms with Gasteiger partial charge in [0.2, 0.25) is 0 Å². The Morgan fingerprint density at radius 1 is 0.842 bits per heavy atom. The zero-order valence-corrected chi connectivity index (χ0v) is 11.7. The Morgan fingerprint density at radius 2 is 1.47 bits per heavy atom. The standard InChI is InChI=1S/C18H23N/c1-19-18(17-13-6-3-7-14-17)15-9-8-12-16-10-4-2-5-11-16/h2-7,10-11,13-14,18-19H,8-9,12,15H2,1H3. The van der Waals surface area contributed by atoms with Gasteiger partial charge in [-0.15, -0.1) is 0 Å². The van der Waals surface area contributed by atoms with Gasteiger partial charge in [-0.3, -0.25) is 0 Å². The predicted octanol–water partition coefficient (Wildman–Crippen LogP) is 4.36. The second kappa shape index (κ2) is 7.75. The average Bonchev–Trinajstić information content (AvgIpc) is 2.49. The van der Waals surface area contributed by atoms with Crippen LogP contribution in [0.15, 0.2) is 60.7 Å². The first-order valence-electron chi connectivity index (χ1n) is 7.16. The van der Waals surface area contributed by atoms with Crippen molar-refractivity contribution in [2.45, 2.75) is 31.7 Å². The number of hydrogen-bond donors (Lipinski definition) is 1. The Bertz CT molecular complexity index is 450. The molecule has 19 heavy (non-hydrogen) atoms. The summed E-state index contributed by atoms with van der Waals surface area (Å²) in [5.41, 5.74) is 2.84. The van der Waals surface area contributed by atoms with Crippen molar-refractivity contribution in [2.75, 3.05) is 7.05 Å². The van der Waals surface area contributed by atoms with Gasteiger partial charge in [0.25, 0.3) is 0 Å². The highest BCUT2D eigenvalue weighted by Crippen LogP contribution is 2.19. The number of unbranched alkanes of at least 4 members (excludes halogenated alkanes) is 1. The van der Waals surface area contributed by atoms with Crippen molar-refractivity contribution in [3.8, 4) is 0 Å². The van der Waals surface area contributed by atoms with E-state index in [0.717, 1.165) is 0 Å². The lowest BCUT2D eigenvalue weighted by molar-refractivity contribution is 0.514. The second-order valence-corrected chi connectivity index (χ2v) is 4.98. The molecule has 0 bridgehead atoms. The van der Waals surface area contributed by atoms with Crippen LogP contribution in [0.4, 0.5) is 0 Å². The molecule has 0 saturated carbocycles. The van der Waals surface area contributed by atoms with Crippen LogP contribution < -0.4 is 5.32 Å². The minimum Gasteiger partial charge on any atom is -0.313 e. The van der Waals surface area contributed by atoms with E-state index in [4.69, 9.17) is 0 Å². The van der Waals surface area contributed by atoms with E-state index in [-0.39, 0.29) is 0 Å². The third kappa shape index (κ3) is 4.53. The minimum atomic E-state index is 0.483. The van der Waals surface area contributed by atoms with Gasteiger partial charge in [0.05, 0.1) is 0 Å².